The molecule has 0 bridgehead atoms. The Kier molecular flexibility index (Phi) is 10.1. The highest BCUT2D eigenvalue weighted by molar-refractivity contribution is 7.90. The highest BCUT2D eigenvalue weighted by Crippen LogP contribution is 2.37. The molecule has 4 aromatic rings. The number of rotatable bonds is 9. The van der Waals surface area contributed by atoms with E-state index in [9.17, 15) is 26.4 Å². The first-order valence-electron chi connectivity index (χ1n) is 14.9. The maximum atomic E-state index is 13.9. The first-order chi connectivity index (χ1) is 22.7. The quantitative estimate of drug-likeness (QED) is 0.232. The molecule has 0 spiro atoms. The van der Waals surface area contributed by atoms with Crippen molar-refractivity contribution < 1.29 is 35.9 Å². The van der Waals surface area contributed by atoms with Gasteiger partial charge in [-0.3, -0.25) is 9.88 Å². The van der Waals surface area contributed by atoms with Gasteiger partial charge in [-0.1, -0.05) is 0 Å². The molecule has 4 aromatic heterocycles. The average molecular weight is 687 g/mol. The van der Waals surface area contributed by atoms with Crippen LogP contribution >= 0.6 is 0 Å². The highest BCUT2D eigenvalue weighted by atomic mass is 32.2. The number of carbonyl (C=O) groups excluding carboxylic acids is 1. The van der Waals surface area contributed by atoms with Gasteiger partial charge in [0.2, 0.25) is 5.95 Å². The largest absolute Gasteiger partial charge is 0.467 e. The predicted octanol–water partition coefficient (Wildman–Crippen LogP) is 5.60. The molecule has 1 aliphatic rings. The van der Waals surface area contributed by atoms with E-state index in [2.05, 4.69) is 35.2 Å². The Morgan fingerprint density at radius 2 is 1.62 bits per heavy atom. The highest BCUT2D eigenvalue weighted by Gasteiger charge is 2.37. The van der Waals surface area contributed by atoms with Crippen LogP contribution in [-0.2, 0) is 20.8 Å². The zero-order chi connectivity index (χ0) is 34.6. The van der Waals surface area contributed by atoms with E-state index in [4.69, 9.17) is 9.47 Å². The molecular weight excluding hydrogens is 653 g/mol. The molecule has 1 N–H and O–H groups in total. The van der Waals surface area contributed by atoms with Gasteiger partial charge < -0.3 is 14.8 Å². The van der Waals surface area contributed by atoms with Gasteiger partial charge >= 0.3 is 18.3 Å². The van der Waals surface area contributed by atoms with E-state index in [1.54, 1.807) is 44.6 Å². The van der Waals surface area contributed by atoms with E-state index in [-0.39, 0.29) is 40.6 Å². The van der Waals surface area contributed by atoms with E-state index in [0.717, 1.165) is 30.3 Å². The number of methoxy groups -OCH3 is 1. The standard InChI is InChI=1S/C31H33F3N8O5S/c1-18(2)47-30(43)42(26-10-5-19(13-36-26)21-14-38-29(46-3)39-15-21)23-8-6-22(7-9-23)40-28-37-17-25(31(32,33)34)27(41-28)20-11-24(16-35-12-20)48(4,44)45/h5,10-18,22-23H,6-9H2,1-4H3,(H,37,40,41)/t22-,23-. The molecular formula is C31H33F3N8O5S. The van der Waals surface area contributed by atoms with Crippen molar-refractivity contribution in [3.63, 3.8) is 0 Å². The molecule has 5 rings (SSSR count). The van der Waals surface area contributed by atoms with Gasteiger partial charge in [0.15, 0.2) is 9.84 Å². The van der Waals surface area contributed by atoms with Crippen LogP contribution in [0.1, 0.15) is 45.1 Å². The number of anilines is 2. The molecule has 1 aliphatic carbocycles. The number of alkyl halides is 3. The van der Waals surface area contributed by atoms with Gasteiger partial charge in [0.05, 0.1) is 23.8 Å². The molecule has 0 saturated heterocycles. The summed E-state index contributed by atoms with van der Waals surface area (Å²) < 4.78 is 76.3. The van der Waals surface area contributed by atoms with E-state index in [1.807, 2.05) is 0 Å². The second-order valence-electron chi connectivity index (χ2n) is 11.5. The van der Waals surface area contributed by atoms with Gasteiger partial charge in [-0.25, -0.2) is 38.1 Å². The summed E-state index contributed by atoms with van der Waals surface area (Å²) in [5.41, 5.74) is -0.282. The molecule has 0 radical (unpaired) electrons. The Hall–Kier alpha value is -4.93. The number of hydrogen-bond donors (Lipinski definition) is 1. The summed E-state index contributed by atoms with van der Waals surface area (Å²) in [6.07, 6.45) is 5.01. The molecule has 254 valence electrons. The molecule has 4 heterocycles. The SMILES string of the molecule is COc1ncc(-c2ccc(N(C(=O)OC(C)C)[C@H]3CC[C@H](Nc4ncc(C(F)(F)F)c(-c5cncc(S(C)(=O)=O)c5)n4)CC3)nc2)cn1. The molecule has 17 heteroatoms. The molecule has 48 heavy (non-hydrogen) atoms. The third-order valence-corrected chi connectivity index (χ3v) is 8.66. The maximum Gasteiger partial charge on any atom is 0.419 e. The summed E-state index contributed by atoms with van der Waals surface area (Å²) in [7, 11) is -2.26. The number of sulfone groups is 1. The summed E-state index contributed by atoms with van der Waals surface area (Å²) >= 11 is 0. The summed E-state index contributed by atoms with van der Waals surface area (Å²) in [5.74, 6) is 0.345. The number of aromatic nitrogens is 6. The number of halogens is 3. The minimum absolute atomic E-state index is 0.0537. The van der Waals surface area contributed by atoms with Crippen LogP contribution < -0.4 is 15.0 Å². The topological polar surface area (TPSA) is 162 Å². The zero-order valence-corrected chi connectivity index (χ0v) is 27.3. The Morgan fingerprint density at radius 3 is 2.21 bits per heavy atom. The molecule has 1 fully saturated rings. The van der Waals surface area contributed by atoms with Crippen molar-refractivity contribution in [1.29, 1.82) is 0 Å². The number of amides is 1. The average Bonchev–Trinajstić information content (AvgIpc) is 3.05. The molecule has 13 nitrogen and oxygen atoms in total. The lowest BCUT2D eigenvalue weighted by Gasteiger charge is -2.36. The van der Waals surface area contributed by atoms with E-state index >= 15 is 0 Å². The maximum absolute atomic E-state index is 13.9. The van der Waals surface area contributed by atoms with Gasteiger partial charge in [0, 0.05) is 72.2 Å². The second-order valence-corrected chi connectivity index (χ2v) is 13.5. The molecule has 1 saturated carbocycles. The van der Waals surface area contributed by atoms with Crippen molar-refractivity contribution in [2.24, 2.45) is 0 Å². The van der Waals surface area contributed by atoms with Crippen molar-refractivity contribution in [3.05, 3.63) is 60.9 Å². The monoisotopic (exact) mass is 686 g/mol. The van der Waals surface area contributed by atoms with Crippen molar-refractivity contribution in [3.8, 4) is 28.4 Å². The van der Waals surface area contributed by atoms with Crippen LogP contribution in [0.3, 0.4) is 0 Å². The third-order valence-electron chi connectivity index (χ3n) is 7.58. The first-order valence-corrected chi connectivity index (χ1v) is 16.8. The Balaban J connectivity index is 1.33. The van der Waals surface area contributed by atoms with Gasteiger partial charge in [0.1, 0.15) is 11.4 Å². The van der Waals surface area contributed by atoms with Gasteiger partial charge in [-0.05, 0) is 57.7 Å². The smallest absolute Gasteiger partial charge is 0.419 e. The summed E-state index contributed by atoms with van der Waals surface area (Å²) in [6, 6.07) is 4.36. The summed E-state index contributed by atoms with van der Waals surface area (Å²) in [5, 5.41) is 3.11. The molecule has 0 aliphatic heterocycles. The number of nitrogens with zero attached hydrogens (tertiary/aromatic N) is 7. The second kappa shape index (κ2) is 14.0. The lowest BCUT2D eigenvalue weighted by molar-refractivity contribution is -0.137. The summed E-state index contributed by atoms with van der Waals surface area (Å²) in [6.45, 7) is 3.51. The van der Waals surface area contributed by atoms with E-state index in [1.165, 1.54) is 12.0 Å². The van der Waals surface area contributed by atoms with Crippen molar-refractivity contribution in [2.75, 3.05) is 23.6 Å². The normalized spacial score (nSPS) is 16.8. The fourth-order valence-electron chi connectivity index (χ4n) is 5.25. The van der Waals surface area contributed by atoms with Gasteiger partial charge in [-0.2, -0.15) is 13.2 Å². The van der Waals surface area contributed by atoms with Crippen LogP contribution in [0.5, 0.6) is 6.01 Å². The Labute approximate surface area is 274 Å². The lowest BCUT2D eigenvalue weighted by atomic mass is 9.90. The predicted molar refractivity (Wildman–Crippen MR) is 169 cm³/mol. The van der Waals surface area contributed by atoms with Gasteiger partial charge in [0.25, 0.3) is 0 Å². The van der Waals surface area contributed by atoms with Crippen LogP contribution in [0.15, 0.2) is 60.3 Å². The number of nitrogens with one attached hydrogen (secondary N) is 1. The van der Waals surface area contributed by atoms with E-state index < -0.39 is 33.4 Å². The van der Waals surface area contributed by atoms with Crippen LogP contribution in [0.25, 0.3) is 22.4 Å². The number of pyridine rings is 2. The summed E-state index contributed by atoms with van der Waals surface area (Å²) in [4.78, 5) is 39.2. The van der Waals surface area contributed by atoms with Crippen LogP contribution in [0.2, 0.25) is 0 Å². The van der Waals surface area contributed by atoms with Gasteiger partial charge in [-0.15, -0.1) is 0 Å². The lowest BCUT2D eigenvalue weighted by Crippen LogP contribution is -2.45. The number of ether oxygens (including phenoxy) is 2. The van der Waals surface area contributed by atoms with Crippen molar-refractivity contribution >= 4 is 27.7 Å². The van der Waals surface area contributed by atoms with Crippen LogP contribution in [-0.4, -0.2) is 76.0 Å². The Bertz CT molecular complexity index is 1850. The van der Waals surface area contributed by atoms with Crippen LogP contribution in [0.4, 0.5) is 29.7 Å². The zero-order valence-electron chi connectivity index (χ0n) is 26.5. The van der Waals surface area contributed by atoms with E-state index in [0.29, 0.717) is 43.3 Å². The number of carbonyl (C=O) groups is 1. The fraction of sp³-hybridized carbons (Fsp3) is 0.387. The fourth-order valence-corrected chi connectivity index (χ4v) is 5.84. The van der Waals surface area contributed by atoms with Crippen molar-refractivity contribution in [2.45, 2.75) is 68.8 Å². The van der Waals surface area contributed by atoms with Crippen LogP contribution in [0, 0.1) is 0 Å². The Morgan fingerprint density at radius 1 is 0.938 bits per heavy atom. The third kappa shape index (κ3) is 8.13. The molecule has 0 unspecified atom stereocenters. The van der Waals surface area contributed by atoms with Crippen molar-refractivity contribution in [1.82, 2.24) is 29.9 Å². The number of hydrogen-bond acceptors (Lipinski definition) is 12. The first kappa shape index (κ1) is 34.4. The molecule has 1 amide bonds. The molecule has 0 aromatic carbocycles. The minimum atomic E-state index is -4.80. The molecule has 0 atom stereocenters. The minimum Gasteiger partial charge on any atom is -0.467 e.